The minimum atomic E-state index is -3.61. The maximum atomic E-state index is 11.9. The monoisotopic (exact) mass is 376 g/mol. The van der Waals surface area contributed by atoms with Gasteiger partial charge in [-0.05, 0) is 12.0 Å². The molecule has 0 saturated heterocycles. The van der Waals surface area contributed by atoms with E-state index in [0.717, 1.165) is 11.8 Å². The van der Waals surface area contributed by atoms with Gasteiger partial charge < -0.3 is 5.32 Å². The number of nitrogens with one attached hydrogen (secondary N) is 1. The molecule has 0 saturated carbocycles. The summed E-state index contributed by atoms with van der Waals surface area (Å²) in [5, 5.41) is 17.8. The quantitative estimate of drug-likeness (QED) is 0.507. The third-order valence-electron chi connectivity index (χ3n) is 3.71. The summed E-state index contributed by atoms with van der Waals surface area (Å²) in [6.45, 7) is 2.12. The number of aryl methyl sites for hydroxylation is 1. The lowest BCUT2D eigenvalue weighted by molar-refractivity contribution is -0.384. The Kier molecular flexibility index (Phi) is 4.55. The Labute approximate surface area is 149 Å². The molecule has 136 valence electrons. The van der Waals surface area contributed by atoms with E-state index in [1.165, 1.54) is 16.6 Å². The number of aromatic nitrogens is 4. The highest BCUT2D eigenvalue weighted by atomic mass is 32.2. The Morgan fingerprint density at radius 2 is 2.08 bits per heavy atom. The summed E-state index contributed by atoms with van der Waals surface area (Å²) >= 11 is 0. The maximum absolute atomic E-state index is 11.9. The highest BCUT2D eigenvalue weighted by Gasteiger charge is 2.18. The predicted molar refractivity (Wildman–Crippen MR) is 93.7 cm³/mol. The van der Waals surface area contributed by atoms with Crippen LogP contribution in [0.2, 0.25) is 0 Å². The first-order valence-electron chi connectivity index (χ1n) is 7.71. The molecule has 26 heavy (non-hydrogen) atoms. The number of nitro groups is 1. The lowest BCUT2D eigenvalue weighted by Gasteiger charge is -2.09. The van der Waals surface area contributed by atoms with Gasteiger partial charge in [0.15, 0.2) is 5.65 Å². The molecular formula is C15H16N6O4S. The van der Waals surface area contributed by atoms with E-state index in [4.69, 9.17) is 0 Å². The Morgan fingerprint density at radius 3 is 2.73 bits per heavy atom. The summed E-state index contributed by atoms with van der Waals surface area (Å²) in [6.07, 6.45) is 3.27. The van der Waals surface area contributed by atoms with E-state index in [1.807, 2.05) is 6.92 Å². The largest absolute Gasteiger partial charge is 0.350 e. The van der Waals surface area contributed by atoms with Crippen LogP contribution in [0.1, 0.15) is 18.1 Å². The van der Waals surface area contributed by atoms with Crippen LogP contribution in [0.25, 0.3) is 5.65 Å². The Morgan fingerprint density at radius 1 is 1.31 bits per heavy atom. The SMILES string of the molecule is CCc1cnn2c(NCc3cccc([N+](=O)[O-])c3)nc(S(C)(=O)=O)nc12. The topological polar surface area (TPSA) is 132 Å². The Hall–Kier alpha value is -3.08. The van der Waals surface area contributed by atoms with Gasteiger partial charge in [0.05, 0.1) is 11.1 Å². The molecule has 0 aliphatic rings. The molecule has 3 rings (SSSR count). The zero-order valence-corrected chi connectivity index (χ0v) is 14.9. The first-order chi connectivity index (χ1) is 12.3. The summed E-state index contributed by atoms with van der Waals surface area (Å²) in [6, 6.07) is 6.13. The number of anilines is 1. The van der Waals surface area contributed by atoms with Crippen LogP contribution in [0.3, 0.4) is 0 Å². The Balaban J connectivity index is 2.00. The minimum Gasteiger partial charge on any atom is -0.350 e. The van der Waals surface area contributed by atoms with E-state index in [9.17, 15) is 18.5 Å². The fourth-order valence-corrected chi connectivity index (χ4v) is 2.90. The molecule has 1 aromatic carbocycles. The molecular weight excluding hydrogens is 360 g/mol. The average Bonchev–Trinajstić information content (AvgIpc) is 3.02. The second-order valence-electron chi connectivity index (χ2n) is 5.64. The van der Waals surface area contributed by atoms with Crippen LogP contribution in [-0.2, 0) is 22.8 Å². The van der Waals surface area contributed by atoms with Gasteiger partial charge in [-0.1, -0.05) is 19.1 Å². The molecule has 0 unspecified atom stereocenters. The van der Waals surface area contributed by atoms with Gasteiger partial charge >= 0.3 is 0 Å². The van der Waals surface area contributed by atoms with E-state index in [2.05, 4.69) is 20.4 Å². The van der Waals surface area contributed by atoms with Gasteiger partial charge in [0.1, 0.15) is 0 Å². The highest BCUT2D eigenvalue weighted by molar-refractivity contribution is 7.90. The van der Waals surface area contributed by atoms with Crippen molar-refractivity contribution in [3.05, 3.63) is 51.7 Å². The standard InChI is InChI=1S/C15H16N6O4S/c1-3-11-9-17-20-13(11)18-15(26(2,24)25)19-14(20)16-8-10-5-4-6-12(7-10)21(22)23/h4-7,9H,3,8H2,1-2H3,(H,16,18,19). The van der Waals surface area contributed by atoms with Crippen molar-refractivity contribution in [1.82, 2.24) is 19.6 Å². The smallest absolute Gasteiger partial charge is 0.269 e. The van der Waals surface area contributed by atoms with Crippen LogP contribution in [0.4, 0.5) is 11.6 Å². The molecule has 2 heterocycles. The van der Waals surface area contributed by atoms with Crippen molar-refractivity contribution in [2.45, 2.75) is 25.0 Å². The van der Waals surface area contributed by atoms with E-state index < -0.39 is 14.8 Å². The van der Waals surface area contributed by atoms with Crippen LogP contribution in [0, 0.1) is 10.1 Å². The van der Waals surface area contributed by atoms with Gasteiger partial charge in [0, 0.05) is 30.5 Å². The van der Waals surface area contributed by atoms with Gasteiger partial charge in [-0.25, -0.2) is 8.42 Å². The molecule has 2 aromatic heterocycles. The van der Waals surface area contributed by atoms with Crippen molar-refractivity contribution >= 4 is 27.1 Å². The summed E-state index contributed by atoms with van der Waals surface area (Å²) in [5.41, 5.74) is 1.82. The number of rotatable bonds is 6. The van der Waals surface area contributed by atoms with Crippen LogP contribution >= 0.6 is 0 Å². The molecule has 0 atom stereocenters. The first-order valence-corrected chi connectivity index (χ1v) is 9.60. The van der Waals surface area contributed by atoms with E-state index in [1.54, 1.807) is 18.3 Å². The van der Waals surface area contributed by atoms with Crippen molar-refractivity contribution in [3.63, 3.8) is 0 Å². The minimum absolute atomic E-state index is 0.0266. The van der Waals surface area contributed by atoms with Crippen LogP contribution < -0.4 is 5.32 Å². The van der Waals surface area contributed by atoms with Crippen LogP contribution in [0.15, 0.2) is 35.6 Å². The summed E-state index contributed by atoms with van der Waals surface area (Å²) < 4.78 is 25.2. The number of nitrogens with zero attached hydrogens (tertiary/aromatic N) is 5. The number of nitro benzene ring substituents is 1. The second-order valence-corrected chi connectivity index (χ2v) is 7.55. The van der Waals surface area contributed by atoms with Gasteiger partial charge in [-0.15, -0.1) is 0 Å². The van der Waals surface area contributed by atoms with Crippen molar-refractivity contribution in [3.8, 4) is 0 Å². The van der Waals surface area contributed by atoms with Gasteiger partial charge in [0.2, 0.25) is 15.8 Å². The number of benzene rings is 1. The third-order valence-corrected chi connectivity index (χ3v) is 4.55. The van der Waals surface area contributed by atoms with Crippen LogP contribution in [0.5, 0.6) is 0 Å². The van der Waals surface area contributed by atoms with E-state index in [-0.39, 0.29) is 23.3 Å². The number of non-ortho nitro benzene ring substituents is 1. The molecule has 0 aliphatic carbocycles. The average molecular weight is 376 g/mol. The molecule has 0 bridgehead atoms. The van der Waals surface area contributed by atoms with E-state index >= 15 is 0 Å². The van der Waals surface area contributed by atoms with Crippen molar-refractivity contribution < 1.29 is 13.3 Å². The molecule has 0 spiro atoms. The predicted octanol–water partition coefficient (Wildman–Crippen LogP) is 1.61. The molecule has 1 N–H and O–H groups in total. The lowest BCUT2D eigenvalue weighted by Crippen LogP contribution is -2.13. The van der Waals surface area contributed by atoms with Gasteiger partial charge in [-0.3, -0.25) is 10.1 Å². The third kappa shape index (κ3) is 3.47. The Bertz CT molecular complexity index is 1090. The zero-order valence-electron chi connectivity index (χ0n) is 14.1. The molecule has 3 aromatic rings. The van der Waals surface area contributed by atoms with Crippen molar-refractivity contribution in [1.29, 1.82) is 0 Å². The number of hydrogen-bond donors (Lipinski definition) is 1. The van der Waals surface area contributed by atoms with E-state index in [0.29, 0.717) is 17.6 Å². The zero-order chi connectivity index (χ0) is 18.9. The molecule has 0 aliphatic heterocycles. The summed E-state index contributed by atoms with van der Waals surface area (Å²) in [7, 11) is -3.61. The van der Waals surface area contributed by atoms with Crippen molar-refractivity contribution in [2.75, 3.05) is 11.6 Å². The summed E-state index contributed by atoms with van der Waals surface area (Å²) in [4.78, 5) is 18.6. The molecule has 0 fully saturated rings. The summed E-state index contributed by atoms with van der Waals surface area (Å²) in [5.74, 6) is 0.196. The van der Waals surface area contributed by atoms with Crippen LogP contribution in [-0.4, -0.2) is 39.2 Å². The van der Waals surface area contributed by atoms with Gasteiger partial charge in [0.25, 0.3) is 10.8 Å². The fraction of sp³-hybridized carbons (Fsp3) is 0.267. The molecule has 0 amide bonds. The number of hydrogen-bond acceptors (Lipinski definition) is 8. The lowest BCUT2D eigenvalue weighted by atomic mass is 10.2. The van der Waals surface area contributed by atoms with Gasteiger partial charge in [-0.2, -0.15) is 19.6 Å². The normalized spacial score (nSPS) is 11.6. The highest BCUT2D eigenvalue weighted by Crippen LogP contribution is 2.18. The second kappa shape index (κ2) is 6.67. The molecule has 10 nitrogen and oxygen atoms in total. The number of sulfone groups is 1. The van der Waals surface area contributed by atoms with Crippen molar-refractivity contribution in [2.24, 2.45) is 0 Å². The fourth-order valence-electron chi connectivity index (χ4n) is 2.39. The first kappa shape index (κ1) is 17.7. The molecule has 11 heteroatoms. The maximum Gasteiger partial charge on any atom is 0.269 e. The molecule has 0 radical (unpaired) electrons. The number of fused-ring (bicyclic) bond motifs is 1.